The van der Waals surface area contributed by atoms with E-state index in [0.717, 1.165) is 29.6 Å². The van der Waals surface area contributed by atoms with Gasteiger partial charge in [-0.1, -0.05) is 36.4 Å². The first-order valence-electron chi connectivity index (χ1n) is 8.71. The van der Waals surface area contributed by atoms with E-state index >= 15 is 0 Å². The van der Waals surface area contributed by atoms with Crippen LogP contribution in [-0.2, 0) is 4.79 Å². The van der Waals surface area contributed by atoms with E-state index in [1.807, 2.05) is 47.4 Å². The highest BCUT2D eigenvalue weighted by molar-refractivity contribution is 5.88. The Morgan fingerprint density at radius 2 is 1.65 bits per heavy atom. The lowest BCUT2D eigenvalue weighted by atomic mass is 10.1. The summed E-state index contributed by atoms with van der Waals surface area (Å²) >= 11 is 0. The second-order valence-corrected chi connectivity index (χ2v) is 6.18. The highest BCUT2D eigenvalue weighted by Crippen LogP contribution is 2.25. The predicted octanol–water partition coefficient (Wildman–Crippen LogP) is 2.36. The van der Waals surface area contributed by atoms with E-state index in [1.54, 1.807) is 18.5 Å². The maximum atomic E-state index is 12.5. The number of aromatic nitrogens is 2. The Morgan fingerprint density at radius 1 is 0.923 bits per heavy atom. The molecule has 0 unspecified atom stereocenters. The molecular weight excluding hydrogens is 328 g/mol. The van der Waals surface area contributed by atoms with Gasteiger partial charge in [0.2, 0.25) is 5.95 Å². The van der Waals surface area contributed by atoms with Gasteiger partial charge in [0.15, 0.2) is 6.61 Å². The number of ether oxygens (including phenoxy) is 1. The summed E-state index contributed by atoms with van der Waals surface area (Å²) in [5, 5.41) is 2.13. The Morgan fingerprint density at radius 3 is 2.46 bits per heavy atom. The van der Waals surface area contributed by atoms with Gasteiger partial charge in [-0.2, -0.15) is 0 Å². The van der Waals surface area contributed by atoms with Crippen molar-refractivity contribution in [1.29, 1.82) is 0 Å². The zero-order chi connectivity index (χ0) is 17.8. The highest BCUT2D eigenvalue weighted by atomic mass is 16.5. The summed E-state index contributed by atoms with van der Waals surface area (Å²) in [4.78, 5) is 25.0. The summed E-state index contributed by atoms with van der Waals surface area (Å²) in [5.74, 6) is 1.46. The predicted molar refractivity (Wildman–Crippen MR) is 100 cm³/mol. The average Bonchev–Trinajstić information content (AvgIpc) is 2.73. The molecule has 26 heavy (non-hydrogen) atoms. The van der Waals surface area contributed by atoms with Gasteiger partial charge in [-0.05, 0) is 17.5 Å². The van der Waals surface area contributed by atoms with Crippen LogP contribution in [0.2, 0.25) is 0 Å². The number of benzene rings is 2. The number of rotatable bonds is 4. The van der Waals surface area contributed by atoms with Gasteiger partial charge in [-0.3, -0.25) is 4.79 Å². The first kappa shape index (κ1) is 16.3. The third-order valence-electron chi connectivity index (χ3n) is 4.57. The summed E-state index contributed by atoms with van der Waals surface area (Å²) in [5.41, 5.74) is 0. The largest absolute Gasteiger partial charge is 0.483 e. The zero-order valence-corrected chi connectivity index (χ0v) is 14.4. The van der Waals surface area contributed by atoms with Crippen molar-refractivity contribution in [2.75, 3.05) is 37.7 Å². The molecule has 1 aromatic heterocycles. The maximum absolute atomic E-state index is 12.5. The summed E-state index contributed by atoms with van der Waals surface area (Å²) in [7, 11) is 0. The van der Waals surface area contributed by atoms with Crippen LogP contribution >= 0.6 is 0 Å². The molecule has 4 rings (SSSR count). The lowest BCUT2D eigenvalue weighted by Gasteiger charge is -2.34. The minimum atomic E-state index is 0.00608. The fourth-order valence-electron chi connectivity index (χ4n) is 3.16. The molecule has 1 aliphatic rings. The van der Waals surface area contributed by atoms with Gasteiger partial charge in [-0.15, -0.1) is 0 Å². The van der Waals surface area contributed by atoms with Gasteiger partial charge in [0.1, 0.15) is 5.75 Å². The molecule has 6 nitrogen and oxygen atoms in total. The molecule has 2 heterocycles. The van der Waals surface area contributed by atoms with Crippen molar-refractivity contribution in [3.05, 3.63) is 60.9 Å². The Bertz CT molecular complexity index is 887. The van der Waals surface area contributed by atoms with E-state index in [4.69, 9.17) is 4.74 Å². The van der Waals surface area contributed by atoms with Gasteiger partial charge in [0.05, 0.1) is 0 Å². The van der Waals surface area contributed by atoms with Crippen LogP contribution in [-0.4, -0.2) is 53.6 Å². The number of carbonyl (C=O) groups excluding carboxylic acids is 1. The standard InChI is InChI=1S/C20H20N4O2/c25-19(15-26-18-8-3-6-16-5-1-2-7-17(16)18)23-11-13-24(14-12-23)20-21-9-4-10-22-20/h1-10H,11-15H2. The minimum absolute atomic E-state index is 0.00608. The van der Waals surface area contributed by atoms with E-state index in [-0.39, 0.29) is 12.5 Å². The molecule has 0 spiro atoms. The van der Waals surface area contributed by atoms with E-state index in [1.165, 1.54) is 0 Å². The average molecular weight is 348 g/mol. The van der Waals surface area contributed by atoms with Crippen LogP contribution in [0.25, 0.3) is 10.8 Å². The molecule has 2 aromatic carbocycles. The number of fused-ring (bicyclic) bond motifs is 1. The van der Waals surface area contributed by atoms with E-state index in [9.17, 15) is 4.79 Å². The third-order valence-corrected chi connectivity index (χ3v) is 4.57. The number of piperazine rings is 1. The van der Waals surface area contributed by atoms with Crippen LogP contribution in [0.1, 0.15) is 0 Å². The summed E-state index contributed by atoms with van der Waals surface area (Å²) in [6.07, 6.45) is 3.47. The van der Waals surface area contributed by atoms with E-state index in [0.29, 0.717) is 19.0 Å². The van der Waals surface area contributed by atoms with Crippen molar-refractivity contribution in [3.63, 3.8) is 0 Å². The highest BCUT2D eigenvalue weighted by Gasteiger charge is 2.22. The molecule has 0 aliphatic carbocycles. The maximum Gasteiger partial charge on any atom is 0.260 e. The van der Waals surface area contributed by atoms with Crippen molar-refractivity contribution < 1.29 is 9.53 Å². The van der Waals surface area contributed by atoms with Crippen molar-refractivity contribution >= 4 is 22.6 Å². The van der Waals surface area contributed by atoms with Gasteiger partial charge >= 0.3 is 0 Å². The second-order valence-electron chi connectivity index (χ2n) is 6.18. The van der Waals surface area contributed by atoms with Crippen LogP contribution < -0.4 is 9.64 Å². The molecule has 1 aliphatic heterocycles. The SMILES string of the molecule is O=C(COc1cccc2ccccc12)N1CCN(c2ncccn2)CC1. The molecule has 0 radical (unpaired) electrons. The van der Waals surface area contributed by atoms with Crippen molar-refractivity contribution in [2.24, 2.45) is 0 Å². The van der Waals surface area contributed by atoms with Crippen molar-refractivity contribution in [2.45, 2.75) is 0 Å². The van der Waals surface area contributed by atoms with Crippen LogP contribution in [0.15, 0.2) is 60.9 Å². The minimum Gasteiger partial charge on any atom is -0.483 e. The van der Waals surface area contributed by atoms with Crippen molar-refractivity contribution in [1.82, 2.24) is 14.9 Å². The second kappa shape index (κ2) is 7.39. The molecule has 1 fully saturated rings. The van der Waals surface area contributed by atoms with Gasteiger partial charge in [0, 0.05) is 44.0 Å². The molecule has 0 bridgehead atoms. The molecule has 3 aromatic rings. The molecule has 0 atom stereocenters. The van der Waals surface area contributed by atoms with Crippen LogP contribution in [0.4, 0.5) is 5.95 Å². The zero-order valence-electron chi connectivity index (χ0n) is 14.4. The van der Waals surface area contributed by atoms with Gasteiger partial charge in [-0.25, -0.2) is 9.97 Å². The number of hydrogen-bond acceptors (Lipinski definition) is 5. The molecule has 1 saturated heterocycles. The Hall–Kier alpha value is -3.15. The lowest BCUT2D eigenvalue weighted by Crippen LogP contribution is -2.50. The van der Waals surface area contributed by atoms with Crippen LogP contribution in [0.3, 0.4) is 0 Å². The quantitative estimate of drug-likeness (QED) is 0.724. The first-order valence-corrected chi connectivity index (χ1v) is 8.71. The summed E-state index contributed by atoms with van der Waals surface area (Å²) in [6.45, 7) is 2.80. The molecule has 0 saturated carbocycles. The van der Waals surface area contributed by atoms with Gasteiger partial charge in [0.25, 0.3) is 5.91 Å². The molecule has 6 heteroatoms. The lowest BCUT2D eigenvalue weighted by molar-refractivity contribution is -0.133. The smallest absolute Gasteiger partial charge is 0.260 e. The van der Waals surface area contributed by atoms with E-state index < -0.39 is 0 Å². The number of amides is 1. The molecule has 1 amide bonds. The Kier molecular flexibility index (Phi) is 4.64. The molecular formula is C20H20N4O2. The molecule has 132 valence electrons. The monoisotopic (exact) mass is 348 g/mol. The number of anilines is 1. The van der Waals surface area contributed by atoms with Gasteiger partial charge < -0.3 is 14.5 Å². The number of hydrogen-bond donors (Lipinski definition) is 0. The number of nitrogens with zero attached hydrogens (tertiary/aromatic N) is 4. The summed E-state index contributed by atoms with van der Waals surface area (Å²) in [6, 6.07) is 15.7. The fourth-order valence-corrected chi connectivity index (χ4v) is 3.16. The third kappa shape index (κ3) is 3.44. The fraction of sp³-hybridized carbons (Fsp3) is 0.250. The van der Waals surface area contributed by atoms with Crippen LogP contribution in [0.5, 0.6) is 5.75 Å². The summed E-state index contributed by atoms with van der Waals surface area (Å²) < 4.78 is 5.82. The first-order chi connectivity index (χ1) is 12.8. The molecule has 0 N–H and O–H groups in total. The number of carbonyl (C=O) groups is 1. The van der Waals surface area contributed by atoms with Crippen LogP contribution in [0, 0.1) is 0 Å². The van der Waals surface area contributed by atoms with Crippen molar-refractivity contribution in [3.8, 4) is 5.75 Å². The normalized spacial score (nSPS) is 14.5. The topological polar surface area (TPSA) is 58.6 Å². The Balaban J connectivity index is 1.34. The Labute approximate surface area is 152 Å². The van der Waals surface area contributed by atoms with E-state index in [2.05, 4.69) is 14.9 Å².